The van der Waals surface area contributed by atoms with E-state index in [0.29, 0.717) is 5.95 Å². The molecule has 0 bridgehead atoms. The Labute approximate surface area is 110 Å². The van der Waals surface area contributed by atoms with Gasteiger partial charge in [-0.25, -0.2) is 0 Å². The van der Waals surface area contributed by atoms with Crippen LogP contribution >= 0.6 is 0 Å². The van der Waals surface area contributed by atoms with E-state index >= 15 is 0 Å². The maximum atomic E-state index is 4.37. The average molecular weight is 251 g/mol. The zero-order valence-electron chi connectivity index (χ0n) is 11.6. The Kier molecular flexibility index (Phi) is 7.84. The first-order chi connectivity index (χ1) is 8.86. The molecule has 102 valence electrons. The highest BCUT2D eigenvalue weighted by atomic mass is 15.3. The fraction of sp³-hybridized carbons (Fsp3) is 0.769. The van der Waals surface area contributed by atoms with Gasteiger partial charge in [-0.1, -0.05) is 39.5 Å². The Morgan fingerprint density at radius 2 is 1.61 bits per heavy atom. The van der Waals surface area contributed by atoms with Crippen molar-refractivity contribution in [1.82, 2.24) is 15.2 Å². The van der Waals surface area contributed by atoms with E-state index in [4.69, 9.17) is 0 Å². The number of aromatic nitrogens is 3. The predicted molar refractivity (Wildman–Crippen MR) is 75.9 cm³/mol. The number of nitrogens with one attached hydrogen (secondary N) is 2. The van der Waals surface area contributed by atoms with Crippen molar-refractivity contribution in [3.05, 3.63) is 6.20 Å². The number of anilines is 2. The second-order valence-corrected chi connectivity index (χ2v) is 4.43. The quantitative estimate of drug-likeness (QED) is 0.626. The van der Waals surface area contributed by atoms with Gasteiger partial charge in [0.2, 0.25) is 5.95 Å². The first-order valence-electron chi connectivity index (χ1n) is 7.04. The van der Waals surface area contributed by atoms with Gasteiger partial charge in [-0.2, -0.15) is 10.1 Å². The third-order valence-electron chi connectivity index (χ3n) is 2.71. The first kappa shape index (κ1) is 14.7. The van der Waals surface area contributed by atoms with E-state index in [1.807, 2.05) is 0 Å². The number of hydrogen-bond acceptors (Lipinski definition) is 5. The minimum atomic E-state index is 0.617. The molecule has 0 aliphatic rings. The van der Waals surface area contributed by atoms with Crippen LogP contribution in [0, 0.1) is 0 Å². The zero-order valence-corrected chi connectivity index (χ0v) is 11.6. The highest BCUT2D eigenvalue weighted by molar-refractivity contribution is 5.36. The molecule has 0 saturated carbocycles. The number of hydrogen-bond donors (Lipinski definition) is 2. The zero-order chi connectivity index (χ0) is 13.1. The lowest BCUT2D eigenvalue weighted by atomic mass is 10.2. The molecule has 1 aromatic rings. The standard InChI is InChI=1S/C13H25N5/c1-3-5-7-9-14-12-11-16-18-13(17-12)15-10-8-6-4-2/h11H,3-10H2,1-2H3,(H2,14,15,17,18). The van der Waals surface area contributed by atoms with Crippen LogP contribution in [-0.4, -0.2) is 28.3 Å². The molecule has 0 aromatic carbocycles. The lowest BCUT2D eigenvalue weighted by Gasteiger charge is -2.07. The highest BCUT2D eigenvalue weighted by Crippen LogP contribution is 2.05. The summed E-state index contributed by atoms with van der Waals surface area (Å²) in [6.45, 7) is 6.25. The minimum absolute atomic E-state index is 0.617. The van der Waals surface area contributed by atoms with Gasteiger partial charge >= 0.3 is 0 Å². The van der Waals surface area contributed by atoms with Crippen LogP contribution < -0.4 is 10.6 Å². The van der Waals surface area contributed by atoms with Crippen LogP contribution in [0.25, 0.3) is 0 Å². The van der Waals surface area contributed by atoms with E-state index in [-0.39, 0.29) is 0 Å². The molecule has 1 rings (SSSR count). The van der Waals surface area contributed by atoms with Crippen molar-refractivity contribution in [2.24, 2.45) is 0 Å². The van der Waals surface area contributed by atoms with Gasteiger partial charge in [-0.3, -0.25) is 0 Å². The van der Waals surface area contributed by atoms with Gasteiger partial charge in [-0.15, -0.1) is 5.10 Å². The third-order valence-corrected chi connectivity index (χ3v) is 2.71. The van der Waals surface area contributed by atoms with E-state index in [9.17, 15) is 0 Å². The van der Waals surface area contributed by atoms with E-state index in [1.54, 1.807) is 6.20 Å². The highest BCUT2D eigenvalue weighted by Gasteiger charge is 1.99. The number of rotatable bonds is 10. The van der Waals surface area contributed by atoms with E-state index in [1.165, 1.54) is 32.1 Å². The second kappa shape index (κ2) is 9.62. The van der Waals surface area contributed by atoms with Gasteiger partial charge in [0.1, 0.15) is 5.82 Å². The molecule has 0 radical (unpaired) electrons. The Bertz CT molecular complexity index is 289. The molecule has 0 spiro atoms. The van der Waals surface area contributed by atoms with Crippen molar-refractivity contribution in [3.63, 3.8) is 0 Å². The smallest absolute Gasteiger partial charge is 0.244 e. The lowest BCUT2D eigenvalue weighted by molar-refractivity contribution is 0.735. The molecule has 0 aliphatic carbocycles. The Balaban J connectivity index is 2.27. The van der Waals surface area contributed by atoms with Crippen molar-refractivity contribution in [3.8, 4) is 0 Å². The summed E-state index contributed by atoms with van der Waals surface area (Å²) >= 11 is 0. The summed E-state index contributed by atoms with van der Waals surface area (Å²) in [5.41, 5.74) is 0. The minimum Gasteiger partial charge on any atom is -0.369 e. The van der Waals surface area contributed by atoms with Gasteiger partial charge < -0.3 is 10.6 Å². The topological polar surface area (TPSA) is 62.7 Å². The summed E-state index contributed by atoms with van der Waals surface area (Å²) < 4.78 is 0. The molecule has 5 nitrogen and oxygen atoms in total. The van der Waals surface area contributed by atoms with Gasteiger partial charge in [0.15, 0.2) is 0 Å². The second-order valence-electron chi connectivity index (χ2n) is 4.43. The summed E-state index contributed by atoms with van der Waals surface area (Å²) in [6.07, 6.45) is 8.91. The Morgan fingerprint density at radius 1 is 0.944 bits per heavy atom. The average Bonchev–Trinajstić information content (AvgIpc) is 2.40. The largest absolute Gasteiger partial charge is 0.369 e. The fourth-order valence-electron chi connectivity index (χ4n) is 1.63. The molecule has 1 aromatic heterocycles. The molecule has 18 heavy (non-hydrogen) atoms. The van der Waals surface area contributed by atoms with Crippen LogP contribution in [0.1, 0.15) is 52.4 Å². The summed E-state index contributed by atoms with van der Waals surface area (Å²) in [7, 11) is 0. The molecular formula is C13H25N5. The molecule has 2 N–H and O–H groups in total. The monoisotopic (exact) mass is 251 g/mol. The van der Waals surface area contributed by atoms with E-state index in [0.717, 1.165) is 25.3 Å². The molecule has 0 saturated heterocycles. The first-order valence-corrected chi connectivity index (χ1v) is 7.04. The molecule has 0 amide bonds. The Hall–Kier alpha value is -1.39. The van der Waals surface area contributed by atoms with Crippen molar-refractivity contribution in [2.45, 2.75) is 52.4 Å². The van der Waals surface area contributed by atoms with Crippen LogP contribution in [0.2, 0.25) is 0 Å². The van der Waals surface area contributed by atoms with Crippen molar-refractivity contribution in [1.29, 1.82) is 0 Å². The Morgan fingerprint density at radius 3 is 2.28 bits per heavy atom. The van der Waals surface area contributed by atoms with Crippen LogP contribution in [-0.2, 0) is 0 Å². The number of nitrogens with zero attached hydrogens (tertiary/aromatic N) is 3. The van der Waals surface area contributed by atoms with Crippen molar-refractivity contribution >= 4 is 11.8 Å². The normalized spacial score (nSPS) is 10.3. The fourth-order valence-corrected chi connectivity index (χ4v) is 1.63. The van der Waals surface area contributed by atoms with Crippen LogP contribution in [0.4, 0.5) is 11.8 Å². The summed E-state index contributed by atoms with van der Waals surface area (Å²) in [4.78, 5) is 4.37. The van der Waals surface area contributed by atoms with Crippen LogP contribution in [0.15, 0.2) is 6.20 Å². The molecular weight excluding hydrogens is 226 g/mol. The molecule has 0 atom stereocenters. The third kappa shape index (κ3) is 6.37. The van der Waals surface area contributed by atoms with Crippen molar-refractivity contribution < 1.29 is 0 Å². The summed E-state index contributed by atoms with van der Waals surface area (Å²) in [5.74, 6) is 1.42. The maximum absolute atomic E-state index is 4.37. The molecule has 0 unspecified atom stereocenters. The summed E-state index contributed by atoms with van der Waals surface area (Å²) in [6, 6.07) is 0. The predicted octanol–water partition coefficient (Wildman–Crippen LogP) is 3.08. The molecule has 0 aliphatic heterocycles. The van der Waals surface area contributed by atoms with Crippen molar-refractivity contribution in [2.75, 3.05) is 23.7 Å². The molecule has 0 fully saturated rings. The van der Waals surface area contributed by atoms with Gasteiger partial charge in [-0.05, 0) is 12.8 Å². The maximum Gasteiger partial charge on any atom is 0.244 e. The van der Waals surface area contributed by atoms with Gasteiger partial charge in [0, 0.05) is 13.1 Å². The lowest BCUT2D eigenvalue weighted by Crippen LogP contribution is -2.09. The van der Waals surface area contributed by atoms with Gasteiger partial charge in [0.05, 0.1) is 6.20 Å². The molecule has 5 heteroatoms. The number of unbranched alkanes of at least 4 members (excludes halogenated alkanes) is 4. The van der Waals surface area contributed by atoms with Crippen LogP contribution in [0.5, 0.6) is 0 Å². The van der Waals surface area contributed by atoms with E-state index in [2.05, 4.69) is 39.7 Å². The molecule has 1 heterocycles. The SMILES string of the molecule is CCCCCNc1cnnc(NCCCCC)n1. The van der Waals surface area contributed by atoms with Gasteiger partial charge in [0.25, 0.3) is 0 Å². The summed E-state index contributed by atoms with van der Waals surface area (Å²) in [5, 5.41) is 14.4. The van der Waals surface area contributed by atoms with Crippen LogP contribution in [0.3, 0.4) is 0 Å². The van der Waals surface area contributed by atoms with E-state index < -0.39 is 0 Å².